The van der Waals surface area contributed by atoms with Crippen LogP contribution in [0.4, 0.5) is 13.2 Å². The summed E-state index contributed by atoms with van der Waals surface area (Å²) in [5, 5.41) is 5.82. The van der Waals surface area contributed by atoms with Crippen LogP contribution in [0.15, 0.2) is 43.5 Å². The van der Waals surface area contributed by atoms with Crippen LogP contribution in [0.25, 0.3) is 0 Å². The van der Waals surface area contributed by atoms with E-state index in [4.69, 9.17) is 4.74 Å². The van der Waals surface area contributed by atoms with Gasteiger partial charge in [0.25, 0.3) is 10.0 Å². The summed E-state index contributed by atoms with van der Waals surface area (Å²) in [7, 11) is -2.58. The van der Waals surface area contributed by atoms with Crippen LogP contribution in [0, 0.1) is 4.91 Å². The van der Waals surface area contributed by atoms with Crippen molar-refractivity contribution in [3.63, 3.8) is 0 Å². The van der Waals surface area contributed by atoms with E-state index in [2.05, 4.69) is 19.4 Å². The number of nitrogens with zero attached hydrogens (tertiary/aromatic N) is 5. The Morgan fingerprint density at radius 3 is 2.41 bits per heavy atom. The van der Waals surface area contributed by atoms with Crippen LogP contribution in [0.2, 0.25) is 0 Å². The predicted octanol–water partition coefficient (Wildman–Crippen LogP) is 0.848. The smallest absolute Gasteiger partial charge is 0.467 e. The zero-order chi connectivity index (χ0) is 20.4. The molecule has 0 aliphatic rings. The maximum Gasteiger partial charge on any atom is 0.573 e. The van der Waals surface area contributed by atoms with Crippen molar-refractivity contribution < 1.29 is 31.1 Å². The number of ether oxygens (including phenoxy) is 2. The molecule has 0 radical (unpaired) electrons. The lowest BCUT2D eigenvalue weighted by atomic mass is 10.3. The molecule has 0 fully saturated rings. The van der Waals surface area contributed by atoms with Crippen molar-refractivity contribution in [1.29, 1.82) is 0 Å². The third-order valence-corrected chi connectivity index (χ3v) is 4.25. The Morgan fingerprint density at radius 2 is 1.89 bits per heavy atom. The minimum atomic E-state index is -5.17. The maximum atomic E-state index is 12.4. The Morgan fingerprint density at radius 1 is 1.26 bits per heavy atom. The molecule has 0 saturated carbocycles. The molecule has 0 atom stereocenters. The van der Waals surface area contributed by atoms with E-state index in [1.54, 1.807) is 0 Å². The number of sulfonamides is 1. The van der Waals surface area contributed by atoms with Crippen LogP contribution >= 0.6 is 0 Å². The van der Waals surface area contributed by atoms with E-state index < -0.39 is 38.7 Å². The summed E-state index contributed by atoms with van der Waals surface area (Å²) in [4.78, 5) is 21.9. The Bertz CT molecular complexity index is 1060. The van der Waals surface area contributed by atoms with Gasteiger partial charge < -0.3 is 9.47 Å². The van der Waals surface area contributed by atoms with Crippen molar-refractivity contribution in [2.45, 2.75) is 11.3 Å². The molecule has 0 aliphatic carbocycles. The summed E-state index contributed by atoms with van der Waals surface area (Å²) in [6.45, 7) is 0. The number of rotatable bonds is 4. The second-order valence-electron chi connectivity index (χ2n) is 4.69. The molecular weight excluding hydrogens is 399 g/mol. The van der Waals surface area contributed by atoms with Gasteiger partial charge in [0.15, 0.2) is 0 Å². The van der Waals surface area contributed by atoms with E-state index in [0.29, 0.717) is 0 Å². The highest BCUT2D eigenvalue weighted by Crippen LogP contribution is 2.30. The molecule has 0 N–H and O–H groups in total. The lowest BCUT2D eigenvalue weighted by Crippen LogP contribution is -2.28. The van der Waals surface area contributed by atoms with Gasteiger partial charge in [0.1, 0.15) is 10.6 Å². The fourth-order valence-electron chi connectivity index (χ4n) is 1.85. The Balaban J connectivity index is 2.60. The number of alkyl halides is 3. The lowest BCUT2D eigenvalue weighted by molar-refractivity contribution is -0.275. The first kappa shape index (κ1) is 20.1. The van der Waals surface area contributed by atoms with Gasteiger partial charge in [-0.25, -0.2) is 9.36 Å². The summed E-state index contributed by atoms with van der Waals surface area (Å²) < 4.78 is 74.4. The molecule has 0 saturated heterocycles. The first-order chi connectivity index (χ1) is 12.5. The van der Waals surface area contributed by atoms with Crippen molar-refractivity contribution in [2.24, 2.45) is 16.6 Å². The minimum Gasteiger partial charge on any atom is -0.467 e. The summed E-state index contributed by atoms with van der Waals surface area (Å²) >= 11 is 0. The molecule has 1 aromatic heterocycles. The monoisotopic (exact) mass is 409 g/mol. The van der Waals surface area contributed by atoms with Gasteiger partial charge in [0, 0.05) is 12.2 Å². The number of benzene rings is 1. The van der Waals surface area contributed by atoms with Crippen molar-refractivity contribution in [2.75, 3.05) is 7.11 Å². The highest BCUT2D eigenvalue weighted by atomic mass is 32.2. The number of aromatic nitrogens is 3. The molecule has 0 amide bonds. The number of nitroso groups, excluding NO2 is 1. The van der Waals surface area contributed by atoms with E-state index in [1.807, 2.05) is 0 Å². The van der Waals surface area contributed by atoms with Gasteiger partial charge >= 0.3 is 24.0 Å². The molecule has 1 heterocycles. The Hall–Kier alpha value is -3.23. The molecule has 1 aromatic carbocycles. The van der Waals surface area contributed by atoms with Crippen LogP contribution in [0.5, 0.6) is 11.8 Å². The third kappa shape index (κ3) is 4.30. The molecule has 15 heteroatoms. The van der Waals surface area contributed by atoms with Crippen molar-refractivity contribution in [3.05, 3.63) is 39.7 Å². The number of halogens is 3. The average Bonchev–Trinajstić information content (AvgIpc) is 2.86. The molecular formula is C12H10F3N5O6S. The van der Waals surface area contributed by atoms with Gasteiger partial charge in [-0.05, 0) is 12.1 Å². The zero-order valence-corrected chi connectivity index (χ0v) is 14.4. The molecule has 0 spiro atoms. The van der Waals surface area contributed by atoms with E-state index in [9.17, 15) is 31.3 Å². The number of para-hydroxylation sites is 1. The molecule has 27 heavy (non-hydrogen) atoms. The highest BCUT2D eigenvalue weighted by molar-refractivity contribution is 7.90. The van der Waals surface area contributed by atoms with Gasteiger partial charge in [-0.2, -0.15) is 8.42 Å². The topological polar surface area (TPSA) is 134 Å². The standard InChI is InChI=1S/C12H10F3N5O6S/c1-19-10(25-2)16-20(11(19)21)9(17-22)18-27(23,24)8-6-4-3-5-7(8)26-12(13,14)15/h3-6H,1-2H3/b18-9+. The Labute approximate surface area is 148 Å². The summed E-state index contributed by atoms with van der Waals surface area (Å²) in [5.74, 6) is -2.31. The summed E-state index contributed by atoms with van der Waals surface area (Å²) in [5.41, 5.74) is -1.03. The summed E-state index contributed by atoms with van der Waals surface area (Å²) in [6.07, 6.45) is -5.17. The van der Waals surface area contributed by atoms with Gasteiger partial charge in [-0.1, -0.05) is 12.1 Å². The largest absolute Gasteiger partial charge is 0.573 e. The van der Waals surface area contributed by atoms with Gasteiger partial charge in [-0.15, -0.1) is 32.3 Å². The van der Waals surface area contributed by atoms with Crippen molar-refractivity contribution >= 4 is 16.0 Å². The normalized spacial score (nSPS) is 12.7. The molecule has 0 aliphatic heterocycles. The maximum absolute atomic E-state index is 12.4. The molecule has 2 rings (SSSR count). The van der Waals surface area contributed by atoms with Gasteiger partial charge in [0.2, 0.25) is 0 Å². The molecule has 0 unspecified atom stereocenters. The van der Waals surface area contributed by atoms with Crippen LogP contribution in [-0.4, -0.2) is 42.2 Å². The van der Waals surface area contributed by atoms with E-state index in [-0.39, 0.29) is 10.7 Å². The SMILES string of the molecule is COc1nn(/C(N=O)=N/S(=O)(=O)c2ccccc2OC(F)(F)F)c(=O)n1C. The number of hydrogen-bond donors (Lipinski definition) is 0. The number of methoxy groups -OCH3 is 1. The van der Waals surface area contributed by atoms with Gasteiger partial charge in [0.05, 0.1) is 7.11 Å². The third-order valence-electron chi connectivity index (χ3n) is 2.95. The quantitative estimate of drug-likeness (QED) is 0.415. The van der Waals surface area contributed by atoms with Crippen LogP contribution in [-0.2, 0) is 17.1 Å². The fraction of sp³-hybridized carbons (Fsp3) is 0.250. The van der Waals surface area contributed by atoms with Crippen LogP contribution in [0.1, 0.15) is 0 Å². The lowest BCUT2D eigenvalue weighted by Gasteiger charge is -2.11. The highest BCUT2D eigenvalue weighted by Gasteiger charge is 2.34. The number of hydrogen-bond acceptors (Lipinski definition) is 7. The van der Waals surface area contributed by atoms with Gasteiger partial charge in [-0.3, -0.25) is 0 Å². The van der Waals surface area contributed by atoms with Crippen LogP contribution < -0.4 is 15.2 Å². The van der Waals surface area contributed by atoms with Crippen molar-refractivity contribution in [3.8, 4) is 11.8 Å². The van der Waals surface area contributed by atoms with Crippen LogP contribution in [0.3, 0.4) is 0 Å². The first-order valence-corrected chi connectivity index (χ1v) is 8.17. The average molecular weight is 409 g/mol. The minimum absolute atomic E-state index is 0.219. The van der Waals surface area contributed by atoms with E-state index in [0.717, 1.165) is 35.9 Å². The van der Waals surface area contributed by atoms with E-state index in [1.165, 1.54) is 7.05 Å². The zero-order valence-electron chi connectivity index (χ0n) is 13.5. The molecule has 146 valence electrons. The second kappa shape index (κ2) is 7.18. The van der Waals surface area contributed by atoms with E-state index >= 15 is 0 Å². The fourth-order valence-corrected chi connectivity index (χ4v) is 2.89. The van der Waals surface area contributed by atoms with Crippen molar-refractivity contribution in [1.82, 2.24) is 14.3 Å². The summed E-state index contributed by atoms with van der Waals surface area (Å²) in [6, 6.07) is 3.41. The molecule has 2 aromatic rings. The molecule has 0 bridgehead atoms. The first-order valence-electron chi connectivity index (χ1n) is 6.73. The predicted molar refractivity (Wildman–Crippen MR) is 83.0 cm³/mol. The molecule has 11 nitrogen and oxygen atoms in total. The second-order valence-corrected chi connectivity index (χ2v) is 6.26. The Kier molecular flexibility index (Phi) is 5.34.